The first kappa shape index (κ1) is 13.2. The van der Waals surface area contributed by atoms with Crippen molar-refractivity contribution in [2.45, 2.75) is 18.9 Å². The van der Waals surface area contributed by atoms with Gasteiger partial charge in [-0.25, -0.2) is 0 Å². The second-order valence-corrected chi connectivity index (χ2v) is 3.91. The molecule has 1 aromatic carbocycles. The van der Waals surface area contributed by atoms with Gasteiger partial charge in [0.15, 0.2) is 0 Å². The van der Waals surface area contributed by atoms with Crippen LogP contribution in [0.3, 0.4) is 0 Å². The Morgan fingerprint density at radius 1 is 1.31 bits per heavy atom. The number of nitrogens with one attached hydrogen (secondary N) is 1. The minimum Gasteiger partial charge on any atom is -0.394 e. The molecule has 0 saturated heterocycles. The molecule has 1 rings (SSSR count). The molecule has 0 bridgehead atoms. The highest BCUT2D eigenvalue weighted by molar-refractivity contribution is 5.24. The Hall–Kier alpha value is -0.900. The van der Waals surface area contributed by atoms with Gasteiger partial charge in [0.2, 0.25) is 0 Å². The second kappa shape index (κ2) is 6.63. The first-order chi connectivity index (χ1) is 7.79. The Labute approximate surface area is 97.4 Å². The van der Waals surface area contributed by atoms with Gasteiger partial charge >= 0.3 is 0 Å². The lowest BCUT2D eigenvalue weighted by Crippen LogP contribution is -2.47. The predicted octanol–water partition coefficient (Wildman–Crippen LogP) is 1.52. The molecule has 0 aromatic heterocycles. The lowest BCUT2D eigenvalue weighted by molar-refractivity contribution is 0.0377. The summed E-state index contributed by atoms with van der Waals surface area (Å²) in [6, 6.07) is 9.91. The SMILES string of the molecule is CCCOCC(CO)(NC)c1ccccc1. The second-order valence-electron chi connectivity index (χ2n) is 3.91. The van der Waals surface area contributed by atoms with Crippen molar-refractivity contribution in [3.05, 3.63) is 35.9 Å². The fourth-order valence-corrected chi connectivity index (χ4v) is 1.66. The van der Waals surface area contributed by atoms with Gasteiger partial charge in [0.25, 0.3) is 0 Å². The van der Waals surface area contributed by atoms with Gasteiger partial charge < -0.3 is 15.2 Å². The topological polar surface area (TPSA) is 41.5 Å². The zero-order chi connectivity index (χ0) is 11.9. The van der Waals surface area contributed by atoms with Crippen LogP contribution >= 0.6 is 0 Å². The molecule has 90 valence electrons. The summed E-state index contributed by atoms with van der Waals surface area (Å²) in [7, 11) is 1.85. The molecule has 1 atom stereocenters. The Bertz CT molecular complexity index is 283. The third-order valence-electron chi connectivity index (χ3n) is 2.77. The zero-order valence-electron chi connectivity index (χ0n) is 10.1. The largest absolute Gasteiger partial charge is 0.394 e. The predicted molar refractivity (Wildman–Crippen MR) is 65.4 cm³/mol. The van der Waals surface area contributed by atoms with Gasteiger partial charge in [-0.1, -0.05) is 37.3 Å². The summed E-state index contributed by atoms with van der Waals surface area (Å²) in [4.78, 5) is 0. The van der Waals surface area contributed by atoms with E-state index in [0.717, 1.165) is 18.6 Å². The molecule has 1 unspecified atom stereocenters. The average Bonchev–Trinajstić information content (AvgIpc) is 2.36. The number of hydrogen-bond acceptors (Lipinski definition) is 3. The van der Waals surface area contributed by atoms with Crippen LogP contribution in [0.2, 0.25) is 0 Å². The van der Waals surface area contributed by atoms with E-state index in [4.69, 9.17) is 4.74 Å². The summed E-state index contributed by atoms with van der Waals surface area (Å²) in [6.07, 6.45) is 0.986. The lowest BCUT2D eigenvalue weighted by Gasteiger charge is -2.31. The summed E-state index contributed by atoms with van der Waals surface area (Å²) in [5.41, 5.74) is 0.562. The third-order valence-corrected chi connectivity index (χ3v) is 2.77. The first-order valence-electron chi connectivity index (χ1n) is 5.72. The van der Waals surface area contributed by atoms with Crippen LogP contribution in [0.5, 0.6) is 0 Å². The molecule has 0 aliphatic heterocycles. The molecule has 2 N–H and O–H groups in total. The first-order valence-corrected chi connectivity index (χ1v) is 5.72. The van der Waals surface area contributed by atoms with Gasteiger partial charge in [-0.2, -0.15) is 0 Å². The van der Waals surface area contributed by atoms with E-state index in [9.17, 15) is 5.11 Å². The van der Waals surface area contributed by atoms with E-state index < -0.39 is 5.54 Å². The Morgan fingerprint density at radius 3 is 2.50 bits per heavy atom. The molecular formula is C13H21NO2. The molecule has 3 heteroatoms. The number of aliphatic hydroxyl groups is 1. The summed E-state index contributed by atoms with van der Waals surface area (Å²) in [6.45, 7) is 3.30. The number of likely N-dealkylation sites (N-methyl/N-ethyl adjacent to an activating group) is 1. The van der Waals surface area contributed by atoms with Crippen molar-refractivity contribution >= 4 is 0 Å². The molecule has 0 amide bonds. The maximum Gasteiger partial charge on any atom is 0.0903 e. The molecule has 1 aromatic rings. The van der Waals surface area contributed by atoms with Gasteiger partial charge in [0.05, 0.1) is 18.8 Å². The fraction of sp³-hybridized carbons (Fsp3) is 0.538. The summed E-state index contributed by atoms with van der Waals surface area (Å²) in [5.74, 6) is 0. The number of aliphatic hydroxyl groups excluding tert-OH is 1. The quantitative estimate of drug-likeness (QED) is 0.689. The molecule has 3 nitrogen and oxygen atoms in total. The van der Waals surface area contributed by atoms with Crippen LogP contribution in [0.15, 0.2) is 30.3 Å². The van der Waals surface area contributed by atoms with E-state index >= 15 is 0 Å². The summed E-state index contributed by atoms with van der Waals surface area (Å²) in [5, 5.41) is 12.8. The fourth-order valence-electron chi connectivity index (χ4n) is 1.66. The highest BCUT2D eigenvalue weighted by atomic mass is 16.5. The van der Waals surface area contributed by atoms with Crippen LogP contribution in [0.1, 0.15) is 18.9 Å². The molecule has 0 aliphatic rings. The van der Waals surface area contributed by atoms with Crippen molar-refractivity contribution in [3.63, 3.8) is 0 Å². The van der Waals surface area contributed by atoms with Crippen molar-refractivity contribution in [2.24, 2.45) is 0 Å². The van der Waals surface area contributed by atoms with Crippen LogP contribution in [0.25, 0.3) is 0 Å². The summed E-state index contributed by atoms with van der Waals surface area (Å²) < 4.78 is 5.56. The van der Waals surface area contributed by atoms with Crippen LogP contribution in [0.4, 0.5) is 0 Å². The third kappa shape index (κ3) is 3.04. The number of hydrogen-bond donors (Lipinski definition) is 2. The van der Waals surface area contributed by atoms with E-state index in [1.165, 1.54) is 0 Å². The van der Waals surface area contributed by atoms with Crippen LogP contribution in [0, 0.1) is 0 Å². The minimum absolute atomic E-state index is 0.0250. The molecular weight excluding hydrogens is 202 g/mol. The standard InChI is InChI=1S/C13H21NO2/c1-3-9-16-11-13(10-15,14-2)12-7-5-4-6-8-12/h4-8,14-15H,3,9-11H2,1-2H3. The molecule has 0 saturated carbocycles. The van der Waals surface area contributed by atoms with Gasteiger partial charge in [0, 0.05) is 6.61 Å². The van der Waals surface area contributed by atoms with Gasteiger partial charge in [-0.05, 0) is 19.0 Å². The molecule has 0 aliphatic carbocycles. The van der Waals surface area contributed by atoms with E-state index in [2.05, 4.69) is 12.2 Å². The van der Waals surface area contributed by atoms with E-state index in [-0.39, 0.29) is 6.61 Å². The van der Waals surface area contributed by atoms with Crippen molar-refractivity contribution in [1.29, 1.82) is 0 Å². The number of ether oxygens (including phenoxy) is 1. The lowest BCUT2D eigenvalue weighted by atomic mass is 9.92. The van der Waals surface area contributed by atoms with Crippen molar-refractivity contribution in [3.8, 4) is 0 Å². The Balaban J connectivity index is 2.79. The maximum absolute atomic E-state index is 9.59. The van der Waals surface area contributed by atoms with Gasteiger partial charge in [0.1, 0.15) is 0 Å². The van der Waals surface area contributed by atoms with Crippen LogP contribution < -0.4 is 5.32 Å². The molecule has 16 heavy (non-hydrogen) atoms. The average molecular weight is 223 g/mol. The monoisotopic (exact) mass is 223 g/mol. The van der Waals surface area contributed by atoms with E-state index in [1.54, 1.807) is 0 Å². The van der Waals surface area contributed by atoms with Gasteiger partial charge in [-0.3, -0.25) is 0 Å². The normalized spacial score (nSPS) is 14.7. The van der Waals surface area contributed by atoms with Crippen LogP contribution in [-0.2, 0) is 10.3 Å². The highest BCUT2D eigenvalue weighted by Crippen LogP contribution is 2.20. The Morgan fingerprint density at radius 2 is 2.00 bits per heavy atom. The number of rotatable bonds is 7. The highest BCUT2D eigenvalue weighted by Gasteiger charge is 2.29. The number of benzene rings is 1. The van der Waals surface area contributed by atoms with Crippen molar-refractivity contribution < 1.29 is 9.84 Å². The van der Waals surface area contributed by atoms with E-state index in [0.29, 0.717) is 6.61 Å². The molecule has 0 heterocycles. The Kier molecular flexibility index (Phi) is 5.46. The molecule has 0 spiro atoms. The van der Waals surface area contributed by atoms with Gasteiger partial charge in [-0.15, -0.1) is 0 Å². The minimum atomic E-state index is -0.490. The summed E-state index contributed by atoms with van der Waals surface area (Å²) >= 11 is 0. The molecule has 0 radical (unpaired) electrons. The van der Waals surface area contributed by atoms with Crippen molar-refractivity contribution in [2.75, 3.05) is 26.9 Å². The zero-order valence-corrected chi connectivity index (χ0v) is 10.1. The molecule has 0 fully saturated rings. The van der Waals surface area contributed by atoms with Crippen molar-refractivity contribution in [1.82, 2.24) is 5.32 Å². The smallest absolute Gasteiger partial charge is 0.0903 e. The van der Waals surface area contributed by atoms with Crippen LogP contribution in [-0.4, -0.2) is 32.0 Å². The van der Waals surface area contributed by atoms with E-state index in [1.807, 2.05) is 37.4 Å². The maximum atomic E-state index is 9.59.